The molecule has 0 aromatic carbocycles. The molecule has 0 radical (unpaired) electrons. The van der Waals surface area contributed by atoms with Gasteiger partial charge in [0.05, 0.1) is 0 Å². The summed E-state index contributed by atoms with van der Waals surface area (Å²) in [5, 5.41) is 15.0. The minimum atomic E-state index is 0.315. The first kappa shape index (κ1) is 12.3. The largest absolute Gasteiger partial charge is 0.409 e. The number of amidine groups is 1. The fourth-order valence-electron chi connectivity index (χ4n) is 1.85. The lowest BCUT2D eigenvalue weighted by molar-refractivity contribution is 0.314. The van der Waals surface area contributed by atoms with E-state index < -0.39 is 0 Å². The van der Waals surface area contributed by atoms with Crippen molar-refractivity contribution in [2.24, 2.45) is 16.3 Å². The van der Waals surface area contributed by atoms with E-state index in [1.165, 1.54) is 19.3 Å². The minimum Gasteiger partial charge on any atom is -0.409 e. The van der Waals surface area contributed by atoms with Crippen molar-refractivity contribution in [1.29, 1.82) is 0 Å². The zero-order valence-electron chi connectivity index (χ0n) is 9.79. The molecule has 1 atom stereocenters. The van der Waals surface area contributed by atoms with E-state index in [4.69, 9.17) is 10.9 Å². The monoisotopic (exact) mass is 213 g/mol. The quantitative estimate of drug-likeness (QED) is 0.261. The van der Waals surface area contributed by atoms with E-state index in [1.54, 1.807) is 0 Å². The number of oxime groups is 1. The van der Waals surface area contributed by atoms with Gasteiger partial charge in [0, 0.05) is 19.0 Å². The van der Waals surface area contributed by atoms with E-state index in [9.17, 15) is 0 Å². The van der Waals surface area contributed by atoms with Gasteiger partial charge in [-0.15, -0.1) is 0 Å². The highest BCUT2D eigenvalue weighted by atomic mass is 16.4. The molecule has 15 heavy (non-hydrogen) atoms. The van der Waals surface area contributed by atoms with Crippen LogP contribution in [0.2, 0.25) is 0 Å². The molecule has 0 aromatic rings. The molecule has 1 fully saturated rings. The zero-order chi connectivity index (χ0) is 11.3. The summed E-state index contributed by atoms with van der Waals surface area (Å²) in [6.45, 7) is 5.44. The molecule has 1 aliphatic rings. The first-order chi connectivity index (χ1) is 7.15. The standard InChI is InChI=1S/C11H23N3O/c1-3-9(7-10(12)14-15)13-8-11(4-2)5-6-11/h9,13,15H,3-8H2,1-2H3,(H2,12,14). The third-order valence-electron chi connectivity index (χ3n) is 3.55. The topological polar surface area (TPSA) is 70.6 Å². The van der Waals surface area contributed by atoms with Gasteiger partial charge in [0.1, 0.15) is 5.84 Å². The second-order valence-electron chi connectivity index (χ2n) is 4.64. The average molecular weight is 213 g/mol. The summed E-state index contributed by atoms with van der Waals surface area (Å²) >= 11 is 0. The molecule has 0 saturated heterocycles. The molecule has 88 valence electrons. The Hall–Kier alpha value is -0.770. The molecule has 4 nitrogen and oxygen atoms in total. The van der Waals surface area contributed by atoms with Crippen LogP contribution in [-0.4, -0.2) is 23.6 Å². The number of nitrogens with two attached hydrogens (primary N) is 1. The third-order valence-corrected chi connectivity index (χ3v) is 3.55. The summed E-state index contributed by atoms with van der Waals surface area (Å²) in [6, 6.07) is 0.338. The molecule has 0 aliphatic heterocycles. The van der Waals surface area contributed by atoms with Gasteiger partial charge >= 0.3 is 0 Å². The van der Waals surface area contributed by atoms with Crippen LogP contribution in [0.3, 0.4) is 0 Å². The van der Waals surface area contributed by atoms with E-state index in [0.717, 1.165) is 13.0 Å². The second-order valence-corrected chi connectivity index (χ2v) is 4.64. The molecule has 4 N–H and O–H groups in total. The maximum absolute atomic E-state index is 8.50. The maximum Gasteiger partial charge on any atom is 0.140 e. The van der Waals surface area contributed by atoms with Crippen molar-refractivity contribution in [3.05, 3.63) is 0 Å². The summed E-state index contributed by atoms with van der Waals surface area (Å²) in [5.41, 5.74) is 6.05. The smallest absolute Gasteiger partial charge is 0.140 e. The van der Waals surface area contributed by atoms with Crippen molar-refractivity contribution in [3.63, 3.8) is 0 Å². The first-order valence-corrected chi connectivity index (χ1v) is 5.85. The maximum atomic E-state index is 8.50. The number of nitrogens with zero attached hydrogens (tertiary/aromatic N) is 1. The molecular formula is C11H23N3O. The summed E-state index contributed by atoms with van der Waals surface area (Å²) in [6.07, 6.45) is 5.58. The second kappa shape index (κ2) is 5.35. The summed E-state index contributed by atoms with van der Waals surface area (Å²) in [4.78, 5) is 0. The van der Waals surface area contributed by atoms with Crippen LogP contribution in [0.1, 0.15) is 46.0 Å². The Morgan fingerprint density at radius 2 is 2.20 bits per heavy atom. The van der Waals surface area contributed by atoms with Gasteiger partial charge in [-0.3, -0.25) is 0 Å². The van der Waals surface area contributed by atoms with Crippen LogP contribution in [0, 0.1) is 5.41 Å². The Balaban J connectivity index is 2.28. The molecule has 0 amide bonds. The minimum absolute atomic E-state index is 0.315. The summed E-state index contributed by atoms with van der Waals surface area (Å²) < 4.78 is 0. The van der Waals surface area contributed by atoms with Gasteiger partial charge < -0.3 is 16.3 Å². The SMILES string of the molecule is CCC(CC(N)=NO)NCC1(CC)CC1. The first-order valence-electron chi connectivity index (χ1n) is 5.85. The Morgan fingerprint density at radius 3 is 2.60 bits per heavy atom. The lowest BCUT2D eigenvalue weighted by Gasteiger charge is -2.20. The van der Waals surface area contributed by atoms with Crippen LogP contribution < -0.4 is 11.1 Å². The van der Waals surface area contributed by atoms with Gasteiger partial charge in [0.15, 0.2) is 0 Å². The molecule has 1 saturated carbocycles. The molecule has 4 heteroatoms. The highest BCUT2D eigenvalue weighted by Crippen LogP contribution is 2.47. The van der Waals surface area contributed by atoms with E-state index in [1.807, 2.05) is 0 Å². The van der Waals surface area contributed by atoms with Crippen LogP contribution in [0.15, 0.2) is 5.16 Å². The molecule has 0 spiro atoms. The van der Waals surface area contributed by atoms with Crippen LogP contribution in [0.5, 0.6) is 0 Å². The van der Waals surface area contributed by atoms with Crippen molar-refractivity contribution in [1.82, 2.24) is 5.32 Å². The van der Waals surface area contributed by atoms with Gasteiger partial charge in [-0.05, 0) is 31.1 Å². The van der Waals surface area contributed by atoms with Gasteiger partial charge in [0.25, 0.3) is 0 Å². The normalized spacial score (nSPS) is 21.3. The number of rotatable bonds is 7. The Labute approximate surface area is 91.9 Å². The highest BCUT2D eigenvalue weighted by molar-refractivity contribution is 5.80. The number of hydrogen-bond donors (Lipinski definition) is 3. The Bertz CT molecular complexity index is 224. The van der Waals surface area contributed by atoms with Crippen molar-refractivity contribution in [3.8, 4) is 0 Å². The van der Waals surface area contributed by atoms with E-state index in [0.29, 0.717) is 23.7 Å². The molecule has 0 heterocycles. The molecule has 1 unspecified atom stereocenters. The van der Waals surface area contributed by atoms with Gasteiger partial charge in [-0.2, -0.15) is 0 Å². The predicted molar refractivity (Wildman–Crippen MR) is 62.1 cm³/mol. The summed E-state index contributed by atoms with van der Waals surface area (Å²) in [7, 11) is 0. The van der Waals surface area contributed by atoms with E-state index in [-0.39, 0.29) is 0 Å². The van der Waals surface area contributed by atoms with Crippen molar-refractivity contribution >= 4 is 5.84 Å². The number of hydrogen-bond acceptors (Lipinski definition) is 3. The highest BCUT2D eigenvalue weighted by Gasteiger charge is 2.40. The lowest BCUT2D eigenvalue weighted by atomic mass is 10.0. The fourth-order valence-corrected chi connectivity index (χ4v) is 1.85. The molecular weight excluding hydrogens is 190 g/mol. The van der Waals surface area contributed by atoms with Crippen molar-refractivity contribution in [2.75, 3.05) is 6.54 Å². The van der Waals surface area contributed by atoms with Crippen molar-refractivity contribution < 1.29 is 5.21 Å². The van der Waals surface area contributed by atoms with E-state index in [2.05, 4.69) is 24.3 Å². The molecule has 1 rings (SSSR count). The van der Waals surface area contributed by atoms with Crippen LogP contribution >= 0.6 is 0 Å². The average Bonchev–Trinajstić information content (AvgIpc) is 3.04. The van der Waals surface area contributed by atoms with Gasteiger partial charge in [-0.1, -0.05) is 19.0 Å². The lowest BCUT2D eigenvalue weighted by Crippen LogP contribution is -2.36. The molecule has 0 aromatic heterocycles. The number of nitrogens with one attached hydrogen (secondary N) is 1. The third kappa shape index (κ3) is 3.70. The van der Waals surface area contributed by atoms with Crippen LogP contribution in [0.4, 0.5) is 0 Å². The van der Waals surface area contributed by atoms with Crippen LogP contribution in [-0.2, 0) is 0 Å². The Kier molecular flexibility index (Phi) is 4.39. The van der Waals surface area contributed by atoms with Gasteiger partial charge in [0.2, 0.25) is 0 Å². The van der Waals surface area contributed by atoms with Gasteiger partial charge in [-0.25, -0.2) is 0 Å². The van der Waals surface area contributed by atoms with E-state index >= 15 is 0 Å². The molecule has 0 bridgehead atoms. The summed E-state index contributed by atoms with van der Waals surface area (Å²) in [5.74, 6) is 0.315. The van der Waals surface area contributed by atoms with Crippen LogP contribution in [0.25, 0.3) is 0 Å². The van der Waals surface area contributed by atoms with Crippen molar-refractivity contribution in [2.45, 2.75) is 52.0 Å². The fraction of sp³-hybridized carbons (Fsp3) is 0.909. The molecule has 1 aliphatic carbocycles. The zero-order valence-corrected chi connectivity index (χ0v) is 9.79. The Morgan fingerprint density at radius 1 is 1.53 bits per heavy atom. The predicted octanol–water partition coefficient (Wildman–Crippen LogP) is 1.68.